The number of aromatic nitrogens is 4. The van der Waals surface area contributed by atoms with Crippen LogP contribution in [0.3, 0.4) is 0 Å². The van der Waals surface area contributed by atoms with Gasteiger partial charge in [0.2, 0.25) is 0 Å². The molecule has 0 spiro atoms. The fraction of sp³-hybridized carbons (Fsp3) is 0. The first kappa shape index (κ1) is 49.2. The van der Waals surface area contributed by atoms with Gasteiger partial charge < -0.3 is 19.8 Å². The molecule has 0 aliphatic carbocycles. The van der Waals surface area contributed by atoms with E-state index in [0.29, 0.717) is 0 Å². The van der Waals surface area contributed by atoms with Gasteiger partial charge in [0.05, 0.1) is 22.8 Å². The fourth-order valence-electron chi connectivity index (χ4n) is 9.07. The Morgan fingerprint density at radius 3 is 1.03 bits per heavy atom. The molecule has 0 N–H and O–H groups in total. The van der Waals surface area contributed by atoms with Crippen molar-refractivity contribution in [3.63, 3.8) is 0 Å². The summed E-state index contributed by atoms with van der Waals surface area (Å²) < 4.78 is 0. The predicted molar refractivity (Wildman–Crippen MR) is 304 cm³/mol. The van der Waals surface area contributed by atoms with E-state index in [-0.39, 0.29) is 21.1 Å². The topological polar surface area (TPSA) is 58.0 Å². The summed E-state index contributed by atoms with van der Waals surface area (Å²) in [5.41, 5.74) is 18.3. The molecule has 360 valence electrons. The average Bonchev–Trinajstić information content (AvgIpc) is 3.50. The third kappa shape index (κ3) is 11.5. The van der Waals surface area contributed by atoms with Crippen molar-refractivity contribution in [1.82, 2.24) is 19.9 Å². The summed E-state index contributed by atoms with van der Waals surface area (Å²) in [5, 5.41) is 0. The van der Waals surface area contributed by atoms with Crippen LogP contribution in [0.25, 0.3) is 67.3 Å². The maximum atomic E-state index is 4.59. The Bertz CT molecular complexity index is 3320. The molecule has 4 aromatic heterocycles. The van der Waals surface area contributed by atoms with Gasteiger partial charge in [-0.2, -0.15) is 0 Å². The van der Waals surface area contributed by atoms with Gasteiger partial charge in [0.15, 0.2) is 0 Å². The van der Waals surface area contributed by atoms with E-state index in [4.69, 9.17) is 0 Å². The van der Waals surface area contributed by atoms with Crippen LogP contribution in [-0.4, -0.2) is 19.9 Å². The van der Waals surface area contributed by atoms with Crippen molar-refractivity contribution < 1.29 is 21.1 Å². The first-order valence-corrected chi connectivity index (χ1v) is 24.5. The first-order valence-electron chi connectivity index (χ1n) is 24.5. The van der Waals surface area contributed by atoms with Gasteiger partial charge in [0, 0.05) is 58.4 Å². The first-order chi connectivity index (χ1) is 36.7. The average molecular weight is 1140 g/mol. The number of para-hydroxylation sites is 2. The fourth-order valence-corrected chi connectivity index (χ4v) is 9.07. The van der Waals surface area contributed by atoms with Crippen molar-refractivity contribution in [2.24, 2.45) is 0 Å². The van der Waals surface area contributed by atoms with Crippen LogP contribution in [0.5, 0.6) is 0 Å². The van der Waals surface area contributed by atoms with Crippen molar-refractivity contribution in [1.29, 1.82) is 0 Å². The minimum atomic E-state index is 0. The molecular formula is C68H48N6Pt. The summed E-state index contributed by atoms with van der Waals surface area (Å²) in [7, 11) is 0. The quantitative estimate of drug-likeness (QED) is 0.114. The summed E-state index contributed by atoms with van der Waals surface area (Å²) in [4.78, 5) is 22.8. The number of nitrogens with zero attached hydrogens (tertiary/aromatic N) is 6. The summed E-state index contributed by atoms with van der Waals surface area (Å²) >= 11 is 0. The molecule has 0 unspecified atom stereocenters. The Labute approximate surface area is 453 Å². The molecule has 7 heteroatoms. The molecule has 8 aromatic carbocycles. The van der Waals surface area contributed by atoms with E-state index in [2.05, 4.69) is 218 Å². The summed E-state index contributed by atoms with van der Waals surface area (Å²) in [6, 6.07) is 98.6. The van der Waals surface area contributed by atoms with Gasteiger partial charge in [-0.3, -0.25) is 9.97 Å². The third-order valence-corrected chi connectivity index (χ3v) is 12.5. The van der Waals surface area contributed by atoms with Crippen LogP contribution in [0.15, 0.2) is 292 Å². The van der Waals surface area contributed by atoms with Gasteiger partial charge in [-0.05, 0) is 107 Å². The third-order valence-electron chi connectivity index (χ3n) is 12.5. The molecule has 12 rings (SSSR count). The maximum absolute atomic E-state index is 4.59. The molecule has 0 bridgehead atoms. The van der Waals surface area contributed by atoms with Crippen LogP contribution in [0, 0.1) is 12.1 Å². The Morgan fingerprint density at radius 1 is 0.267 bits per heavy atom. The van der Waals surface area contributed by atoms with Crippen molar-refractivity contribution >= 4 is 34.1 Å². The van der Waals surface area contributed by atoms with E-state index in [1.807, 2.05) is 116 Å². The largest absolute Gasteiger partial charge is 2.00 e. The number of benzene rings is 8. The van der Waals surface area contributed by atoms with E-state index in [1.165, 1.54) is 5.56 Å². The molecular weight excluding hydrogens is 1100 g/mol. The molecule has 0 saturated heterocycles. The molecule has 75 heavy (non-hydrogen) atoms. The van der Waals surface area contributed by atoms with Crippen LogP contribution in [0.2, 0.25) is 0 Å². The van der Waals surface area contributed by atoms with Crippen LogP contribution >= 0.6 is 0 Å². The smallest absolute Gasteiger partial charge is 0.346 e. The number of pyridine rings is 4. The predicted octanol–water partition coefficient (Wildman–Crippen LogP) is 17.5. The number of rotatable bonds is 12. The summed E-state index contributed by atoms with van der Waals surface area (Å²) in [5.74, 6) is 0. The van der Waals surface area contributed by atoms with Crippen LogP contribution < -0.4 is 9.80 Å². The van der Waals surface area contributed by atoms with Gasteiger partial charge in [0.1, 0.15) is 0 Å². The van der Waals surface area contributed by atoms with Crippen molar-refractivity contribution in [3.8, 4) is 67.3 Å². The maximum Gasteiger partial charge on any atom is 2.00 e. The van der Waals surface area contributed by atoms with Crippen LogP contribution in [0.1, 0.15) is 0 Å². The number of hydrogen-bond donors (Lipinski definition) is 0. The summed E-state index contributed by atoms with van der Waals surface area (Å²) in [6.45, 7) is 0. The molecule has 0 radical (unpaired) electrons. The van der Waals surface area contributed by atoms with E-state index >= 15 is 0 Å². The second-order valence-corrected chi connectivity index (χ2v) is 17.3. The zero-order valence-electron chi connectivity index (χ0n) is 40.7. The molecule has 0 saturated carbocycles. The molecule has 12 aromatic rings. The zero-order chi connectivity index (χ0) is 49.7. The molecule has 0 atom stereocenters. The van der Waals surface area contributed by atoms with Crippen molar-refractivity contribution in [2.45, 2.75) is 0 Å². The number of hydrogen-bond acceptors (Lipinski definition) is 6. The van der Waals surface area contributed by atoms with Gasteiger partial charge in [-0.25, -0.2) is 0 Å². The molecule has 0 fully saturated rings. The van der Waals surface area contributed by atoms with Crippen LogP contribution in [-0.2, 0) is 21.1 Å². The van der Waals surface area contributed by atoms with E-state index < -0.39 is 0 Å². The Morgan fingerprint density at radius 2 is 0.613 bits per heavy atom. The SMILES string of the molecule is [Pt+2].[c-]1c(-c2ccccn2)cccc1N(c1[c-]c(-c2ccccn2)ccc1)c1ccccc1-c1ccccc1.c1ccc(-c2ccccc2N(c2cccc(-c3ccccn3)c2)c2cccc(-c3ccccn3)c2)cc1. The minimum absolute atomic E-state index is 0. The monoisotopic (exact) mass is 1140 g/mol. The van der Waals surface area contributed by atoms with E-state index in [0.717, 1.165) is 95.8 Å². The molecule has 0 amide bonds. The second kappa shape index (κ2) is 23.9. The zero-order valence-corrected chi connectivity index (χ0v) is 43.0. The molecule has 0 aliphatic rings. The minimum Gasteiger partial charge on any atom is -0.346 e. The second-order valence-electron chi connectivity index (χ2n) is 17.3. The number of anilines is 6. The Kier molecular flexibility index (Phi) is 15.7. The van der Waals surface area contributed by atoms with E-state index in [1.54, 1.807) is 0 Å². The molecule has 4 heterocycles. The van der Waals surface area contributed by atoms with E-state index in [9.17, 15) is 0 Å². The molecule has 0 aliphatic heterocycles. The standard InChI is InChI=1S/C34H25N3.C34H23N3.Pt/c2*1-2-12-26(13-3-1)31-18-4-5-21-34(31)37(29-16-10-14-27(24-29)32-19-6-8-22-35-32)30-17-11-15-28(25-30)33-20-7-9-23-36-33;/h1-25H;1-23H;/q;-2;+2. The van der Waals surface area contributed by atoms with Gasteiger partial charge in [-0.1, -0.05) is 158 Å². The normalized spacial score (nSPS) is 10.6. The Hall–Kier alpha value is -9.35. The van der Waals surface area contributed by atoms with Gasteiger partial charge in [-0.15, -0.1) is 59.7 Å². The van der Waals surface area contributed by atoms with Crippen molar-refractivity contribution in [2.75, 3.05) is 9.80 Å². The van der Waals surface area contributed by atoms with Gasteiger partial charge in [0.25, 0.3) is 0 Å². The van der Waals surface area contributed by atoms with Crippen LogP contribution in [0.4, 0.5) is 34.1 Å². The van der Waals surface area contributed by atoms with Gasteiger partial charge >= 0.3 is 21.1 Å². The Balaban J connectivity index is 0.000000169. The molecule has 6 nitrogen and oxygen atoms in total. The van der Waals surface area contributed by atoms with Crippen molar-refractivity contribution in [3.05, 3.63) is 304 Å². The summed E-state index contributed by atoms with van der Waals surface area (Å²) in [6.07, 6.45) is 7.28.